The molecule has 8 heteroatoms. The van der Waals surface area contributed by atoms with Crippen molar-refractivity contribution >= 4 is 33.4 Å². The number of carbonyl (C=O) groups is 2. The fourth-order valence-electron chi connectivity index (χ4n) is 4.00. The molecule has 0 bridgehead atoms. The third-order valence-electron chi connectivity index (χ3n) is 5.57. The predicted molar refractivity (Wildman–Crippen MR) is 132 cm³/mol. The number of carbonyl (C=O) groups excluding carboxylic acids is 2. The zero-order valence-corrected chi connectivity index (χ0v) is 20.0. The third-order valence-corrected chi connectivity index (χ3v) is 6.07. The number of benzene rings is 2. The average Bonchev–Trinajstić information content (AvgIpc) is 3.45. The lowest BCUT2D eigenvalue weighted by molar-refractivity contribution is -0.139. The number of ether oxygens (including phenoxy) is 1. The quantitative estimate of drug-likeness (QED) is 0.190. The largest absolute Gasteiger partial charge is 0.507 e. The van der Waals surface area contributed by atoms with Crippen LogP contribution in [0.1, 0.15) is 23.6 Å². The van der Waals surface area contributed by atoms with Crippen molar-refractivity contribution in [2.24, 2.45) is 0 Å². The summed E-state index contributed by atoms with van der Waals surface area (Å²) in [6, 6.07) is 13.5. The fraction of sp³-hybridized carbons (Fsp3) is 0.192. The molecule has 4 rings (SSSR count). The number of ketones is 1. The molecule has 1 amide bonds. The predicted octanol–water partition coefficient (Wildman–Crippen LogP) is 4.72. The molecule has 174 valence electrons. The minimum Gasteiger partial charge on any atom is -0.507 e. The molecule has 0 radical (unpaired) electrons. The van der Waals surface area contributed by atoms with Crippen molar-refractivity contribution < 1.29 is 19.4 Å². The normalized spacial score (nSPS) is 17.2. The average molecular weight is 522 g/mol. The van der Waals surface area contributed by atoms with Crippen molar-refractivity contribution in [3.05, 3.63) is 101 Å². The number of Topliss-reactive ketones (excluding diaryl/α,β-unsaturated/α-hetero) is 1. The molecule has 3 aromatic rings. The Bertz CT molecular complexity index is 1220. The van der Waals surface area contributed by atoms with Crippen molar-refractivity contribution in [1.82, 2.24) is 14.5 Å². The van der Waals surface area contributed by atoms with Gasteiger partial charge in [0.05, 0.1) is 17.9 Å². The molecular weight excluding hydrogens is 498 g/mol. The highest BCUT2D eigenvalue weighted by Gasteiger charge is 2.45. The third kappa shape index (κ3) is 4.97. The number of aromatic nitrogens is 2. The van der Waals surface area contributed by atoms with Gasteiger partial charge in [-0.2, -0.15) is 0 Å². The first-order chi connectivity index (χ1) is 16.5. The molecule has 1 aliphatic rings. The summed E-state index contributed by atoms with van der Waals surface area (Å²) in [5, 5.41) is 11.2. The van der Waals surface area contributed by atoms with Crippen LogP contribution in [0, 0.1) is 0 Å². The second kappa shape index (κ2) is 10.5. The van der Waals surface area contributed by atoms with Gasteiger partial charge >= 0.3 is 0 Å². The van der Waals surface area contributed by atoms with E-state index in [1.54, 1.807) is 42.9 Å². The molecule has 2 aromatic carbocycles. The molecule has 0 spiro atoms. The van der Waals surface area contributed by atoms with E-state index in [2.05, 4.69) is 27.5 Å². The van der Waals surface area contributed by atoms with Gasteiger partial charge < -0.3 is 19.3 Å². The maximum Gasteiger partial charge on any atom is 0.295 e. The number of halogens is 1. The second-order valence-corrected chi connectivity index (χ2v) is 8.74. The van der Waals surface area contributed by atoms with E-state index in [-0.39, 0.29) is 11.3 Å². The van der Waals surface area contributed by atoms with Crippen LogP contribution in [0.5, 0.6) is 5.75 Å². The number of rotatable bonds is 9. The Morgan fingerprint density at radius 3 is 2.65 bits per heavy atom. The van der Waals surface area contributed by atoms with Crippen molar-refractivity contribution in [1.29, 1.82) is 0 Å². The zero-order valence-electron chi connectivity index (χ0n) is 18.4. The lowest BCUT2D eigenvalue weighted by Crippen LogP contribution is -2.31. The first kappa shape index (κ1) is 23.5. The van der Waals surface area contributed by atoms with Gasteiger partial charge in [0, 0.05) is 35.5 Å². The summed E-state index contributed by atoms with van der Waals surface area (Å²) in [7, 11) is 0. The van der Waals surface area contributed by atoms with Gasteiger partial charge in [0.2, 0.25) is 0 Å². The van der Waals surface area contributed by atoms with Crippen LogP contribution in [-0.4, -0.2) is 44.4 Å². The van der Waals surface area contributed by atoms with Crippen molar-refractivity contribution in [2.75, 3.05) is 13.2 Å². The summed E-state index contributed by atoms with van der Waals surface area (Å²) in [4.78, 5) is 31.8. The molecule has 0 aliphatic carbocycles. The Labute approximate surface area is 206 Å². The van der Waals surface area contributed by atoms with Gasteiger partial charge in [0.1, 0.15) is 18.1 Å². The number of hydrogen-bond donors (Lipinski definition) is 1. The SMILES string of the molecule is C=CCOc1ccc(C(O)=C2C(=O)C(=O)N(CCCn3ccnc3)[C@@H]2c2cccc(Br)c2)cc1. The van der Waals surface area contributed by atoms with Gasteiger partial charge in [0.25, 0.3) is 11.7 Å². The Balaban J connectivity index is 1.69. The number of nitrogens with zero attached hydrogens (tertiary/aromatic N) is 3. The van der Waals surface area contributed by atoms with Gasteiger partial charge in [-0.1, -0.05) is 40.7 Å². The molecule has 1 aromatic heterocycles. The molecule has 34 heavy (non-hydrogen) atoms. The van der Waals surface area contributed by atoms with Gasteiger partial charge in [-0.3, -0.25) is 9.59 Å². The van der Waals surface area contributed by atoms with Crippen LogP contribution in [-0.2, 0) is 16.1 Å². The molecule has 0 unspecified atom stereocenters. The Kier molecular flexibility index (Phi) is 7.27. The van der Waals surface area contributed by atoms with E-state index in [0.29, 0.717) is 37.4 Å². The number of aryl methyl sites for hydroxylation is 1. The lowest BCUT2D eigenvalue weighted by Gasteiger charge is -2.25. The summed E-state index contributed by atoms with van der Waals surface area (Å²) >= 11 is 3.47. The molecule has 1 atom stereocenters. The molecule has 0 saturated carbocycles. The Hall–Kier alpha value is -3.65. The molecule has 2 heterocycles. The fourth-order valence-corrected chi connectivity index (χ4v) is 4.41. The van der Waals surface area contributed by atoms with Crippen molar-refractivity contribution in [3.63, 3.8) is 0 Å². The number of hydrogen-bond acceptors (Lipinski definition) is 5. The minimum absolute atomic E-state index is 0.0745. The van der Waals surface area contributed by atoms with E-state index in [1.165, 1.54) is 4.90 Å². The topological polar surface area (TPSA) is 84.7 Å². The van der Waals surface area contributed by atoms with Crippen LogP contribution in [0.4, 0.5) is 0 Å². The summed E-state index contributed by atoms with van der Waals surface area (Å²) in [5.41, 5.74) is 1.25. The summed E-state index contributed by atoms with van der Waals surface area (Å²) < 4.78 is 8.23. The van der Waals surface area contributed by atoms with Gasteiger partial charge in [-0.05, 0) is 48.4 Å². The minimum atomic E-state index is -0.697. The number of aliphatic hydroxyl groups is 1. The van der Waals surface area contributed by atoms with Gasteiger partial charge in [0.15, 0.2) is 0 Å². The van der Waals surface area contributed by atoms with E-state index < -0.39 is 17.7 Å². The smallest absolute Gasteiger partial charge is 0.295 e. The molecule has 1 saturated heterocycles. The van der Waals surface area contributed by atoms with Crippen LogP contribution < -0.4 is 4.74 Å². The maximum absolute atomic E-state index is 13.1. The standard InChI is InChI=1S/C26H24BrN3O4/c1-2-15-34-21-9-7-18(8-10-21)24(31)22-23(19-5-3-6-20(27)16-19)30(26(33)25(22)32)13-4-12-29-14-11-28-17-29/h2-3,5-11,14,16-17,23,31H,1,4,12-13,15H2/t23-/m1/s1. The van der Waals surface area contributed by atoms with Crippen molar-refractivity contribution in [3.8, 4) is 5.75 Å². The highest BCUT2D eigenvalue weighted by atomic mass is 79.9. The van der Waals surface area contributed by atoms with Crippen LogP contribution in [0.25, 0.3) is 5.76 Å². The molecule has 7 nitrogen and oxygen atoms in total. The summed E-state index contributed by atoms with van der Waals surface area (Å²) in [5.74, 6) is -0.921. The highest BCUT2D eigenvalue weighted by molar-refractivity contribution is 9.10. The number of imidazole rings is 1. The molecular formula is C26H24BrN3O4. The number of amides is 1. The van der Waals surface area contributed by atoms with E-state index in [1.807, 2.05) is 35.0 Å². The van der Waals surface area contributed by atoms with E-state index in [0.717, 1.165) is 10.0 Å². The lowest BCUT2D eigenvalue weighted by atomic mass is 9.95. The van der Waals surface area contributed by atoms with E-state index >= 15 is 0 Å². The van der Waals surface area contributed by atoms with Crippen molar-refractivity contribution in [2.45, 2.75) is 19.0 Å². The first-order valence-electron chi connectivity index (χ1n) is 10.8. The summed E-state index contributed by atoms with van der Waals surface area (Å²) in [6.07, 6.45) is 7.52. The van der Waals surface area contributed by atoms with E-state index in [4.69, 9.17) is 4.74 Å². The Morgan fingerprint density at radius 1 is 1.18 bits per heavy atom. The molecule has 1 N–H and O–H groups in total. The number of likely N-dealkylation sites (tertiary alicyclic amines) is 1. The maximum atomic E-state index is 13.1. The highest BCUT2D eigenvalue weighted by Crippen LogP contribution is 2.40. The number of aliphatic hydroxyl groups excluding tert-OH is 1. The molecule has 1 fully saturated rings. The molecule has 1 aliphatic heterocycles. The van der Waals surface area contributed by atoms with E-state index in [9.17, 15) is 14.7 Å². The van der Waals surface area contributed by atoms with Crippen LogP contribution >= 0.6 is 15.9 Å². The zero-order chi connectivity index (χ0) is 24.1. The van der Waals surface area contributed by atoms with Crippen LogP contribution in [0.2, 0.25) is 0 Å². The first-order valence-corrected chi connectivity index (χ1v) is 11.6. The van der Waals surface area contributed by atoms with Crippen LogP contribution in [0.3, 0.4) is 0 Å². The second-order valence-electron chi connectivity index (χ2n) is 7.83. The van der Waals surface area contributed by atoms with Crippen LogP contribution in [0.15, 0.2) is 90.0 Å². The Morgan fingerprint density at radius 2 is 1.97 bits per heavy atom. The van der Waals surface area contributed by atoms with Gasteiger partial charge in [-0.25, -0.2) is 4.98 Å². The van der Waals surface area contributed by atoms with Gasteiger partial charge in [-0.15, -0.1) is 0 Å². The monoisotopic (exact) mass is 521 g/mol. The summed E-state index contributed by atoms with van der Waals surface area (Å²) in [6.45, 7) is 4.99.